The maximum atomic E-state index is 13.4. The molecule has 3 aromatic rings. The van der Waals surface area contributed by atoms with E-state index in [0.717, 1.165) is 22.4 Å². The highest BCUT2D eigenvalue weighted by molar-refractivity contribution is 6.13. The van der Waals surface area contributed by atoms with Gasteiger partial charge in [0.2, 0.25) is 0 Å². The van der Waals surface area contributed by atoms with Crippen LogP contribution in [0.2, 0.25) is 0 Å². The quantitative estimate of drug-likeness (QED) is 0.377. The Balaban J connectivity index is 2.10. The summed E-state index contributed by atoms with van der Waals surface area (Å²) >= 11 is 0. The van der Waals surface area contributed by atoms with Crippen molar-refractivity contribution in [3.63, 3.8) is 0 Å². The Bertz CT molecular complexity index is 861. The number of halogens is 1. The predicted molar refractivity (Wildman–Crippen MR) is 108 cm³/mol. The van der Waals surface area contributed by atoms with Gasteiger partial charge in [0.1, 0.15) is 5.82 Å². The fourth-order valence-corrected chi connectivity index (χ4v) is 2.89. The van der Waals surface area contributed by atoms with E-state index in [4.69, 9.17) is 9.73 Å². The van der Waals surface area contributed by atoms with Crippen molar-refractivity contribution in [1.29, 1.82) is 0 Å². The molecule has 0 fully saturated rings. The van der Waals surface area contributed by atoms with Crippen LogP contribution in [-0.2, 0) is 4.74 Å². The largest absolute Gasteiger partial charge is 0.502 e. The zero-order valence-corrected chi connectivity index (χ0v) is 15.3. The molecule has 1 unspecified atom stereocenters. The van der Waals surface area contributed by atoms with Crippen LogP contribution in [0.4, 0.5) is 4.39 Å². The minimum absolute atomic E-state index is 0.228. The van der Waals surface area contributed by atoms with Gasteiger partial charge in [-0.3, -0.25) is 4.99 Å². The second kappa shape index (κ2) is 8.95. The van der Waals surface area contributed by atoms with Crippen LogP contribution < -0.4 is 0 Å². The van der Waals surface area contributed by atoms with Crippen molar-refractivity contribution in [1.82, 2.24) is 0 Å². The molecule has 136 valence electrons. The highest BCUT2D eigenvalue weighted by Gasteiger charge is 2.16. The topological polar surface area (TPSA) is 21.6 Å². The van der Waals surface area contributed by atoms with Gasteiger partial charge in [-0.05, 0) is 17.7 Å². The summed E-state index contributed by atoms with van der Waals surface area (Å²) in [4.78, 5) is 5.06. The third kappa shape index (κ3) is 4.91. The molecule has 0 aromatic heterocycles. The van der Waals surface area contributed by atoms with Gasteiger partial charge in [0.15, 0.2) is 0 Å². The Morgan fingerprint density at radius 2 is 1.41 bits per heavy atom. The third-order valence-electron chi connectivity index (χ3n) is 4.34. The van der Waals surface area contributed by atoms with E-state index in [2.05, 4.69) is 6.58 Å². The van der Waals surface area contributed by atoms with E-state index >= 15 is 0 Å². The van der Waals surface area contributed by atoms with Crippen LogP contribution in [0.1, 0.15) is 29.2 Å². The number of ether oxygens (including phenoxy) is 1. The van der Waals surface area contributed by atoms with Gasteiger partial charge in [0.05, 0.1) is 24.6 Å². The van der Waals surface area contributed by atoms with Crippen molar-refractivity contribution in [3.05, 3.63) is 120 Å². The molecule has 0 spiro atoms. The van der Waals surface area contributed by atoms with Crippen LogP contribution in [-0.4, -0.2) is 12.8 Å². The highest BCUT2D eigenvalue weighted by Crippen LogP contribution is 2.27. The van der Waals surface area contributed by atoms with Crippen LogP contribution in [0.15, 0.2) is 102 Å². The lowest BCUT2D eigenvalue weighted by molar-refractivity contribution is 0.273. The number of hydrogen-bond acceptors (Lipinski definition) is 2. The molecule has 0 radical (unpaired) electrons. The summed E-state index contributed by atoms with van der Waals surface area (Å²) in [7, 11) is 1.60. The monoisotopic (exact) mass is 359 g/mol. The fraction of sp³-hybridized carbons (Fsp3) is 0.125. The number of rotatable bonds is 7. The predicted octanol–water partition coefficient (Wildman–Crippen LogP) is 5.95. The summed E-state index contributed by atoms with van der Waals surface area (Å²) in [6, 6.07) is 26.3. The van der Waals surface area contributed by atoms with Gasteiger partial charge in [0, 0.05) is 17.5 Å². The standard InChI is InChI=1S/C24H22FNO/c1-18(27-2)17-23(19-13-15-22(25)16-14-19)26-24(20-9-5-3-6-10-20)21-11-7-4-8-12-21/h3-16,23H,1,17H2,2H3. The van der Waals surface area contributed by atoms with Crippen molar-refractivity contribution in [2.45, 2.75) is 12.5 Å². The molecule has 0 amide bonds. The van der Waals surface area contributed by atoms with E-state index in [0.29, 0.717) is 12.2 Å². The van der Waals surface area contributed by atoms with Gasteiger partial charge in [-0.1, -0.05) is 79.4 Å². The summed E-state index contributed by atoms with van der Waals surface area (Å²) in [5.74, 6) is 0.368. The summed E-state index contributed by atoms with van der Waals surface area (Å²) in [5, 5.41) is 0. The highest BCUT2D eigenvalue weighted by atomic mass is 19.1. The lowest BCUT2D eigenvalue weighted by atomic mass is 9.99. The zero-order chi connectivity index (χ0) is 19.1. The van der Waals surface area contributed by atoms with Gasteiger partial charge in [-0.2, -0.15) is 0 Å². The minimum Gasteiger partial charge on any atom is -0.502 e. The molecule has 3 rings (SSSR count). The van der Waals surface area contributed by atoms with Gasteiger partial charge >= 0.3 is 0 Å². The maximum Gasteiger partial charge on any atom is 0.123 e. The molecule has 3 heteroatoms. The lowest BCUT2D eigenvalue weighted by Gasteiger charge is -2.17. The molecule has 0 saturated carbocycles. The molecule has 0 bridgehead atoms. The molecule has 0 N–H and O–H groups in total. The molecule has 0 aliphatic carbocycles. The van der Waals surface area contributed by atoms with Crippen LogP contribution in [0.5, 0.6) is 0 Å². The smallest absolute Gasteiger partial charge is 0.123 e. The second-order valence-corrected chi connectivity index (χ2v) is 6.22. The molecule has 27 heavy (non-hydrogen) atoms. The molecule has 1 atom stereocenters. The Labute approximate surface area is 159 Å². The Morgan fingerprint density at radius 1 is 0.889 bits per heavy atom. The van der Waals surface area contributed by atoms with E-state index < -0.39 is 0 Å². The Kier molecular flexibility index (Phi) is 6.16. The van der Waals surface area contributed by atoms with Crippen molar-refractivity contribution < 1.29 is 9.13 Å². The average Bonchev–Trinajstić information content (AvgIpc) is 2.73. The van der Waals surface area contributed by atoms with Gasteiger partial charge in [-0.15, -0.1) is 0 Å². The van der Waals surface area contributed by atoms with Gasteiger partial charge < -0.3 is 4.74 Å². The normalized spacial score (nSPS) is 11.5. The van der Waals surface area contributed by atoms with Crippen molar-refractivity contribution in [3.8, 4) is 0 Å². The molecule has 0 heterocycles. The van der Waals surface area contributed by atoms with Crippen LogP contribution in [0.3, 0.4) is 0 Å². The van der Waals surface area contributed by atoms with E-state index in [1.807, 2.05) is 60.7 Å². The molecule has 0 aliphatic rings. The first-order valence-corrected chi connectivity index (χ1v) is 8.83. The molecule has 3 aromatic carbocycles. The van der Waals surface area contributed by atoms with Crippen molar-refractivity contribution in [2.75, 3.05) is 7.11 Å². The number of benzene rings is 3. The van der Waals surface area contributed by atoms with E-state index in [1.54, 1.807) is 19.2 Å². The van der Waals surface area contributed by atoms with E-state index in [9.17, 15) is 4.39 Å². The van der Waals surface area contributed by atoms with Gasteiger partial charge in [-0.25, -0.2) is 4.39 Å². The number of aliphatic imine (C=N–C) groups is 1. The molecular weight excluding hydrogens is 337 g/mol. The summed E-state index contributed by atoms with van der Waals surface area (Å²) in [6.45, 7) is 3.94. The Hall–Kier alpha value is -3.20. The summed E-state index contributed by atoms with van der Waals surface area (Å²) in [6.07, 6.45) is 0.519. The molecule has 0 aliphatic heterocycles. The summed E-state index contributed by atoms with van der Waals surface area (Å²) in [5.41, 5.74) is 3.85. The van der Waals surface area contributed by atoms with Crippen LogP contribution in [0, 0.1) is 5.82 Å². The van der Waals surface area contributed by atoms with E-state index in [-0.39, 0.29) is 11.9 Å². The first-order chi connectivity index (χ1) is 13.2. The Morgan fingerprint density at radius 3 is 1.89 bits per heavy atom. The second-order valence-electron chi connectivity index (χ2n) is 6.22. The minimum atomic E-state index is -0.265. The number of hydrogen-bond donors (Lipinski definition) is 0. The van der Waals surface area contributed by atoms with Gasteiger partial charge in [0.25, 0.3) is 0 Å². The SMILES string of the molecule is C=C(CC(N=C(c1ccccc1)c1ccccc1)c1ccc(F)cc1)OC. The first kappa shape index (κ1) is 18.6. The van der Waals surface area contributed by atoms with Crippen molar-refractivity contribution >= 4 is 5.71 Å². The molecule has 0 saturated heterocycles. The number of nitrogens with zero attached hydrogens (tertiary/aromatic N) is 1. The average molecular weight is 359 g/mol. The lowest BCUT2D eigenvalue weighted by Crippen LogP contribution is -2.08. The first-order valence-electron chi connectivity index (χ1n) is 8.83. The zero-order valence-electron chi connectivity index (χ0n) is 15.3. The maximum absolute atomic E-state index is 13.4. The van der Waals surface area contributed by atoms with E-state index in [1.165, 1.54) is 12.1 Å². The number of methoxy groups -OCH3 is 1. The summed E-state index contributed by atoms with van der Waals surface area (Å²) < 4.78 is 18.7. The molecular formula is C24H22FNO. The van der Waals surface area contributed by atoms with Crippen LogP contribution in [0.25, 0.3) is 0 Å². The van der Waals surface area contributed by atoms with Crippen LogP contribution >= 0.6 is 0 Å². The fourth-order valence-electron chi connectivity index (χ4n) is 2.89. The molecule has 2 nitrogen and oxygen atoms in total. The van der Waals surface area contributed by atoms with Crippen molar-refractivity contribution in [2.24, 2.45) is 4.99 Å². The third-order valence-corrected chi connectivity index (χ3v) is 4.34.